The zero-order valence-electron chi connectivity index (χ0n) is 28.3. The number of carbonyl (C=O) groups excluding carboxylic acids is 1. The van der Waals surface area contributed by atoms with E-state index in [9.17, 15) is 18.0 Å². The predicted molar refractivity (Wildman–Crippen MR) is 178 cm³/mol. The summed E-state index contributed by atoms with van der Waals surface area (Å²) < 4.78 is 92.8. The molecule has 12 nitrogen and oxygen atoms in total. The Balaban J connectivity index is 1.33. The number of para-hydroxylation sites is 1. The molecule has 0 radical (unpaired) electrons. The van der Waals surface area contributed by atoms with Crippen molar-refractivity contribution >= 4 is 17.3 Å². The molecule has 0 heterocycles. The lowest BCUT2D eigenvalue weighted by Crippen LogP contribution is -2.16. The van der Waals surface area contributed by atoms with Gasteiger partial charge in [-0.1, -0.05) is 24.1 Å². The van der Waals surface area contributed by atoms with E-state index in [1.165, 1.54) is 18.2 Å². The summed E-state index contributed by atoms with van der Waals surface area (Å²) in [6, 6.07) is 11.1. The Morgan fingerprint density at radius 3 is 1.44 bits per heavy atom. The monoisotopic (exact) mass is 715 g/mol. The van der Waals surface area contributed by atoms with Crippen LogP contribution in [0.25, 0.3) is 0 Å². The Hall–Kier alpha value is -3.30. The second kappa shape index (κ2) is 28.4. The lowest BCUT2D eigenvalue weighted by molar-refractivity contribution is -0.137. The number of alkyl halides is 3. The van der Waals surface area contributed by atoms with Gasteiger partial charge in [-0.15, -0.1) is 6.42 Å². The summed E-state index contributed by atoms with van der Waals surface area (Å²) in [6.45, 7) is 7.47. The van der Waals surface area contributed by atoms with Crippen LogP contribution in [-0.4, -0.2) is 132 Å². The highest BCUT2D eigenvalue weighted by atomic mass is 19.4. The topological polar surface area (TPSA) is 121 Å². The maximum Gasteiger partial charge on any atom is 0.416 e. The highest BCUT2D eigenvalue weighted by Crippen LogP contribution is 2.32. The number of carbonyl (C=O) groups is 1. The van der Waals surface area contributed by atoms with Crippen LogP contribution in [-0.2, 0) is 53.5 Å². The molecule has 1 N–H and O–H groups in total. The molecule has 15 heteroatoms. The summed E-state index contributed by atoms with van der Waals surface area (Å²) in [6.07, 6.45) is 0.598. The molecule has 2 rings (SSSR count). The number of hydrogen-bond acceptors (Lipinski definition) is 12. The van der Waals surface area contributed by atoms with E-state index in [-0.39, 0.29) is 31.1 Å². The van der Waals surface area contributed by atoms with Crippen LogP contribution in [0.2, 0.25) is 0 Å². The Kier molecular flexibility index (Phi) is 24.4. The Labute approximate surface area is 291 Å². The van der Waals surface area contributed by atoms with E-state index >= 15 is 0 Å². The molecule has 0 aromatic heterocycles. The summed E-state index contributed by atoms with van der Waals surface area (Å²) in [5, 5.41) is 2.85. The average Bonchev–Trinajstić information content (AvgIpc) is 3.11. The maximum atomic E-state index is 13.0. The summed E-state index contributed by atoms with van der Waals surface area (Å²) in [5.74, 6) is 1.76. The van der Waals surface area contributed by atoms with Gasteiger partial charge < -0.3 is 52.7 Å². The minimum atomic E-state index is -4.48. The normalized spacial score (nSPS) is 11.4. The third kappa shape index (κ3) is 21.7. The molecule has 2 aromatic carbocycles. The molecule has 0 fully saturated rings. The van der Waals surface area contributed by atoms with Gasteiger partial charge in [-0.05, 0) is 30.3 Å². The molecule has 0 aliphatic heterocycles. The van der Waals surface area contributed by atoms with Crippen molar-refractivity contribution in [2.75, 3.05) is 131 Å². The number of hydrogen-bond donors (Lipinski definition) is 1. The van der Waals surface area contributed by atoms with Crippen molar-refractivity contribution in [2.45, 2.75) is 6.18 Å². The molecule has 0 saturated carbocycles. The van der Waals surface area contributed by atoms with Gasteiger partial charge in [-0.25, -0.2) is 4.79 Å². The van der Waals surface area contributed by atoms with Crippen LogP contribution in [0.1, 0.15) is 15.9 Å². The van der Waals surface area contributed by atoms with Gasteiger partial charge in [0.25, 0.3) is 0 Å². The highest BCUT2D eigenvalue weighted by Gasteiger charge is 2.30. The van der Waals surface area contributed by atoms with E-state index in [2.05, 4.69) is 11.2 Å². The molecule has 0 atom stereocenters. The first-order chi connectivity index (χ1) is 24.4. The van der Waals surface area contributed by atoms with Gasteiger partial charge in [0.15, 0.2) is 0 Å². The standard InChI is InChI=1S/C35H48F3NO11/c1-2-10-41-11-12-42-13-14-43-15-16-44-17-18-45-19-20-46-21-22-47-23-24-48-25-26-49-27-28-50-34(40)32-8-3-4-9-33(32)39-31-7-5-6-30(29-31)35(36,37)38/h1,3-9,29,39H,10-28H2. The molecule has 0 amide bonds. The zero-order chi connectivity index (χ0) is 36.0. The van der Waals surface area contributed by atoms with Crippen LogP contribution in [0.15, 0.2) is 48.5 Å². The van der Waals surface area contributed by atoms with E-state index < -0.39 is 17.7 Å². The molecule has 0 aliphatic rings. The first kappa shape index (κ1) is 42.9. The van der Waals surface area contributed by atoms with Crippen LogP contribution >= 0.6 is 0 Å². The van der Waals surface area contributed by atoms with Crippen molar-refractivity contribution in [3.63, 3.8) is 0 Å². The van der Waals surface area contributed by atoms with Crippen LogP contribution in [0.3, 0.4) is 0 Å². The number of ether oxygens (including phenoxy) is 10. The fourth-order valence-electron chi connectivity index (χ4n) is 3.86. The minimum absolute atomic E-state index is 0.00216. The van der Waals surface area contributed by atoms with Crippen molar-refractivity contribution in [1.82, 2.24) is 0 Å². The van der Waals surface area contributed by atoms with Crippen LogP contribution in [0, 0.1) is 12.3 Å². The van der Waals surface area contributed by atoms with Crippen LogP contribution in [0.5, 0.6) is 0 Å². The number of terminal acetylenes is 1. The molecule has 0 saturated heterocycles. The maximum absolute atomic E-state index is 13.0. The predicted octanol–water partition coefficient (Wildman–Crippen LogP) is 4.39. The molecule has 50 heavy (non-hydrogen) atoms. The number of anilines is 2. The third-order valence-corrected chi connectivity index (χ3v) is 6.24. The molecule has 0 aliphatic carbocycles. The molecule has 0 unspecified atom stereocenters. The SMILES string of the molecule is C#CCOCCOCCOCCOCCOCCOCCOCCOCCOCCOC(=O)c1ccccc1Nc1cccc(C(F)(F)F)c1. The van der Waals surface area contributed by atoms with Gasteiger partial charge >= 0.3 is 12.1 Å². The van der Waals surface area contributed by atoms with Crippen LogP contribution in [0.4, 0.5) is 24.5 Å². The number of halogens is 3. The summed E-state index contributed by atoms with van der Waals surface area (Å²) in [5.41, 5.74) is -0.0936. The van der Waals surface area contributed by atoms with Gasteiger partial charge in [0.05, 0.1) is 129 Å². The van der Waals surface area contributed by atoms with Crippen molar-refractivity contribution in [2.24, 2.45) is 0 Å². The van der Waals surface area contributed by atoms with E-state index in [0.29, 0.717) is 111 Å². The fourth-order valence-corrected chi connectivity index (χ4v) is 3.86. The lowest BCUT2D eigenvalue weighted by atomic mass is 10.1. The van der Waals surface area contributed by atoms with Crippen molar-refractivity contribution in [3.8, 4) is 12.3 Å². The van der Waals surface area contributed by atoms with Crippen molar-refractivity contribution < 1.29 is 65.3 Å². The van der Waals surface area contributed by atoms with Gasteiger partial charge in [0.1, 0.15) is 13.2 Å². The lowest BCUT2D eigenvalue weighted by Gasteiger charge is -2.13. The largest absolute Gasteiger partial charge is 0.460 e. The molecule has 2 aromatic rings. The number of rotatable bonds is 31. The summed E-state index contributed by atoms with van der Waals surface area (Å²) in [7, 11) is 0. The number of nitrogens with one attached hydrogen (secondary N) is 1. The zero-order valence-corrected chi connectivity index (χ0v) is 28.3. The van der Waals surface area contributed by atoms with Gasteiger partial charge in [0, 0.05) is 5.69 Å². The van der Waals surface area contributed by atoms with Gasteiger partial charge in [-0.2, -0.15) is 13.2 Å². The van der Waals surface area contributed by atoms with Crippen LogP contribution < -0.4 is 5.32 Å². The van der Waals surface area contributed by atoms with E-state index in [1.54, 1.807) is 18.2 Å². The minimum Gasteiger partial charge on any atom is -0.460 e. The average molecular weight is 716 g/mol. The molecular formula is C35H48F3NO11. The van der Waals surface area contributed by atoms with E-state index in [1.807, 2.05) is 0 Å². The summed E-state index contributed by atoms with van der Waals surface area (Å²) in [4.78, 5) is 12.6. The summed E-state index contributed by atoms with van der Waals surface area (Å²) >= 11 is 0. The Bertz CT molecular complexity index is 1200. The second-order valence-electron chi connectivity index (χ2n) is 10.0. The van der Waals surface area contributed by atoms with Crippen molar-refractivity contribution in [3.05, 3.63) is 59.7 Å². The van der Waals surface area contributed by atoms with Gasteiger partial charge in [-0.3, -0.25) is 0 Å². The fraction of sp³-hybridized carbons (Fsp3) is 0.571. The molecule has 0 spiro atoms. The second-order valence-corrected chi connectivity index (χ2v) is 10.0. The van der Waals surface area contributed by atoms with Gasteiger partial charge in [0.2, 0.25) is 0 Å². The van der Waals surface area contributed by atoms with E-state index in [4.69, 9.17) is 53.8 Å². The molecule has 280 valence electrons. The van der Waals surface area contributed by atoms with Crippen molar-refractivity contribution in [1.29, 1.82) is 0 Å². The number of benzene rings is 2. The smallest absolute Gasteiger partial charge is 0.416 e. The first-order valence-corrected chi connectivity index (χ1v) is 16.3. The Morgan fingerprint density at radius 2 is 1.00 bits per heavy atom. The quantitative estimate of drug-likeness (QED) is 0.0678. The molecular weight excluding hydrogens is 667 g/mol. The number of esters is 1. The molecule has 0 bridgehead atoms. The highest BCUT2D eigenvalue weighted by molar-refractivity contribution is 5.96. The Morgan fingerprint density at radius 1 is 0.580 bits per heavy atom. The third-order valence-electron chi connectivity index (χ3n) is 6.24. The van der Waals surface area contributed by atoms with E-state index in [0.717, 1.165) is 12.1 Å². The first-order valence-electron chi connectivity index (χ1n) is 16.3.